The van der Waals surface area contributed by atoms with Crippen molar-refractivity contribution in [1.29, 1.82) is 0 Å². The number of ether oxygens (including phenoxy) is 1. The lowest BCUT2D eigenvalue weighted by Crippen LogP contribution is -2.47. The molecule has 6 nitrogen and oxygen atoms in total. The van der Waals surface area contributed by atoms with Gasteiger partial charge in [0.1, 0.15) is 6.61 Å². The Balaban J connectivity index is 2.41. The van der Waals surface area contributed by atoms with Crippen molar-refractivity contribution in [3.05, 3.63) is 35.9 Å². The zero-order chi connectivity index (χ0) is 18.2. The molecule has 0 radical (unpaired) electrons. The van der Waals surface area contributed by atoms with Crippen LogP contribution in [0.1, 0.15) is 25.8 Å². The van der Waals surface area contributed by atoms with Crippen LogP contribution >= 0.6 is 0 Å². The maximum atomic E-state index is 12.2. The fourth-order valence-corrected chi connectivity index (χ4v) is 2.07. The minimum atomic E-state index is -0.669. The van der Waals surface area contributed by atoms with E-state index in [0.717, 1.165) is 12.1 Å². The second kappa shape index (κ2) is 9.27. The number of carbonyl (C=O) groups is 2. The molecule has 0 aliphatic heterocycles. The highest BCUT2D eigenvalue weighted by Crippen LogP contribution is 2.11. The number of benzene rings is 1. The molecule has 0 aliphatic carbocycles. The van der Waals surface area contributed by atoms with E-state index in [1.165, 1.54) is 0 Å². The maximum Gasteiger partial charge on any atom is 0.407 e. The van der Waals surface area contributed by atoms with Crippen LogP contribution in [0.3, 0.4) is 0 Å². The standard InChI is InChI=1S/C18H29N3O3/c1-18(2,13-16(22)21(5)12-11-20(3)4)19-17(23)24-14-15-9-7-6-8-10-15/h6-10H,11-14H2,1-5H3,(H,19,23). The lowest BCUT2D eigenvalue weighted by molar-refractivity contribution is -0.131. The quantitative estimate of drug-likeness (QED) is 0.790. The van der Waals surface area contributed by atoms with Crippen LogP contribution in [0.2, 0.25) is 0 Å². The smallest absolute Gasteiger partial charge is 0.407 e. The second-order valence-corrected chi connectivity index (χ2v) is 6.87. The molecule has 0 aromatic heterocycles. The molecular weight excluding hydrogens is 306 g/mol. The first kappa shape index (κ1) is 20.0. The minimum Gasteiger partial charge on any atom is -0.445 e. The largest absolute Gasteiger partial charge is 0.445 e. The van der Waals surface area contributed by atoms with Crippen LogP contribution in [0.25, 0.3) is 0 Å². The van der Waals surface area contributed by atoms with Gasteiger partial charge in [0.25, 0.3) is 0 Å². The molecule has 0 heterocycles. The van der Waals surface area contributed by atoms with Crippen molar-refractivity contribution in [1.82, 2.24) is 15.1 Å². The molecule has 1 aromatic rings. The van der Waals surface area contributed by atoms with Crippen LogP contribution in [0.15, 0.2) is 30.3 Å². The zero-order valence-corrected chi connectivity index (χ0v) is 15.3. The van der Waals surface area contributed by atoms with Crippen molar-refractivity contribution in [3.63, 3.8) is 0 Å². The molecule has 0 fully saturated rings. The van der Waals surface area contributed by atoms with Gasteiger partial charge in [-0.15, -0.1) is 0 Å². The number of hydrogen-bond donors (Lipinski definition) is 1. The van der Waals surface area contributed by atoms with E-state index >= 15 is 0 Å². The number of nitrogens with one attached hydrogen (secondary N) is 1. The van der Waals surface area contributed by atoms with Gasteiger partial charge in [0, 0.05) is 32.1 Å². The predicted molar refractivity (Wildman–Crippen MR) is 94.6 cm³/mol. The summed E-state index contributed by atoms with van der Waals surface area (Å²) in [7, 11) is 5.70. The van der Waals surface area contributed by atoms with E-state index in [0.29, 0.717) is 6.54 Å². The molecule has 0 unspecified atom stereocenters. The molecule has 1 rings (SSSR count). The molecule has 0 spiro atoms. The number of hydrogen-bond acceptors (Lipinski definition) is 4. The Morgan fingerprint density at radius 2 is 1.71 bits per heavy atom. The molecule has 0 saturated carbocycles. The second-order valence-electron chi connectivity index (χ2n) is 6.87. The van der Waals surface area contributed by atoms with Crippen LogP contribution in [-0.4, -0.2) is 61.6 Å². The Bertz CT molecular complexity index is 530. The van der Waals surface area contributed by atoms with Gasteiger partial charge in [-0.1, -0.05) is 30.3 Å². The van der Waals surface area contributed by atoms with Crippen molar-refractivity contribution < 1.29 is 14.3 Å². The monoisotopic (exact) mass is 335 g/mol. The summed E-state index contributed by atoms with van der Waals surface area (Å²) in [4.78, 5) is 27.9. The number of carbonyl (C=O) groups excluding carboxylic acids is 2. The summed E-state index contributed by atoms with van der Waals surface area (Å²) < 4.78 is 5.20. The summed E-state index contributed by atoms with van der Waals surface area (Å²) in [6.45, 7) is 5.29. The minimum absolute atomic E-state index is 0.00907. The molecular formula is C18H29N3O3. The summed E-state index contributed by atoms with van der Waals surface area (Å²) >= 11 is 0. The van der Waals surface area contributed by atoms with Crippen molar-refractivity contribution in [2.75, 3.05) is 34.2 Å². The van der Waals surface area contributed by atoms with Crippen LogP contribution < -0.4 is 5.32 Å². The number of nitrogens with zero attached hydrogens (tertiary/aromatic N) is 2. The molecule has 0 aliphatic rings. The lowest BCUT2D eigenvalue weighted by Gasteiger charge is -2.28. The van der Waals surface area contributed by atoms with Gasteiger partial charge < -0.3 is 19.9 Å². The molecule has 2 amide bonds. The third-order valence-corrected chi connectivity index (χ3v) is 3.55. The van der Waals surface area contributed by atoms with E-state index in [1.54, 1.807) is 11.9 Å². The predicted octanol–water partition coefficient (Wildman–Crippen LogP) is 2.10. The summed E-state index contributed by atoms with van der Waals surface area (Å²) in [6, 6.07) is 9.47. The van der Waals surface area contributed by atoms with Gasteiger partial charge in [0.2, 0.25) is 5.91 Å². The van der Waals surface area contributed by atoms with Gasteiger partial charge in [-0.2, -0.15) is 0 Å². The van der Waals surface area contributed by atoms with Crippen molar-refractivity contribution in [3.8, 4) is 0 Å². The average molecular weight is 335 g/mol. The highest BCUT2D eigenvalue weighted by Gasteiger charge is 2.26. The summed E-state index contributed by atoms with van der Waals surface area (Å²) in [6.07, 6.45) is -0.301. The Hall–Kier alpha value is -2.08. The zero-order valence-electron chi connectivity index (χ0n) is 15.3. The lowest BCUT2D eigenvalue weighted by atomic mass is 10.0. The molecule has 1 aromatic carbocycles. The molecule has 0 bridgehead atoms. The highest BCUT2D eigenvalue weighted by atomic mass is 16.5. The van der Waals surface area contributed by atoms with Gasteiger partial charge in [0.05, 0.1) is 0 Å². The molecule has 0 atom stereocenters. The van der Waals surface area contributed by atoms with E-state index in [1.807, 2.05) is 63.2 Å². The van der Waals surface area contributed by atoms with Crippen molar-refractivity contribution in [2.24, 2.45) is 0 Å². The van der Waals surface area contributed by atoms with Gasteiger partial charge in [-0.05, 0) is 33.5 Å². The van der Waals surface area contributed by atoms with Crippen LogP contribution in [0, 0.1) is 0 Å². The van der Waals surface area contributed by atoms with E-state index in [9.17, 15) is 9.59 Å². The van der Waals surface area contributed by atoms with E-state index in [4.69, 9.17) is 4.74 Å². The van der Waals surface area contributed by atoms with Crippen molar-refractivity contribution >= 4 is 12.0 Å². The first-order chi connectivity index (χ1) is 11.2. The van der Waals surface area contributed by atoms with Gasteiger partial charge in [0.15, 0.2) is 0 Å². The number of amides is 2. The normalized spacial score (nSPS) is 11.2. The first-order valence-corrected chi connectivity index (χ1v) is 8.07. The molecule has 1 N–H and O–H groups in total. The Kier molecular flexibility index (Phi) is 7.71. The SMILES string of the molecule is CN(C)CCN(C)C(=O)CC(C)(C)NC(=O)OCc1ccccc1. The van der Waals surface area contributed by atoms with E-state index < -0.39 is 11.6 Å². The Morgan fingerprint density at radius 3 is 2.29 bits per heavy atom. The molecule has 6 heteroatoms. The molecule has 0 saturated heterocycles. The third-order valence-electron chi connectivity index (χ3n) is 3.55. The van der Waals surface area contributed by atoms with Crippen molar-refractivity contribution in [2.45, 2.75) is 32.4 Å². The maximum absolute atomic E-state index is 12.2. The number of likely N-dealkylation sites (N-methyl/N-ethyl adjacent to an activating group) is 2. The van der Waals surface area contributed by atoms with Crippen LogP contribution in [0.4, 0.5) is 4.79 Å². The van der Waals surface area contributed by atoms with E-state index in [-0.39, 0.29) is 18.9 Å². The highest BCUT2D eigenvalue weighted by molar-refractivity contribution is 5.78. The average Bonchev–Trinajstić information content (AvgIpc) is 2.50. The Morgan fingerprint density at radius 1 is 1.08 bits per heavy atom. The molecule has 134 valence electrons. The summed E-state index contributed by atoms with van der Waals surface area (Å²) in [5.41, 5.74) is 0.252. The Labute approximate surface area is 144 Å². The van der Waals surface area contributed by atoms with Gasteiger partial charge in [-0.25, -0.2) is 4.79 Å². The molecule has 24 heavy (non-hydrogen) atoms. The third kappa shape index (κ3) is 7.97. The van der Waals surface area contributed by atoms with E-state index in [2.05, 4.69) is 5.32 Å². The van der Waals surface area contributed by atoms with Gasteiger partial charge in [-0.3, -0.25) is 4.79 Å². The van der Waals surface area contributed by atoms with Gasteiger partial charge >= 0.3 is 6.09 Å². The number of alkyl carbamates (subject to hydrolysis) is 1. The van der Waals surface area contributed by atoms with Crippen LogP contribution in [0.5, 0.6) is 0 Å². The number of rotatable bonds is 8. The first-order valence-electron chi connectivity index (χ1n) is 8.07. The van der Waals surface area contributed by atoms with Crippen LogP contribution in [-0.2, 0) is 16.1 Å². The topological polar surface area (TPSA) is 61.9 Å². The fourth-order valence-electron chi connectivity index (χ4n) is 2.07. The summed E-state index contributed by atoms with van der Waals surface area (Å²) in [5, 5.41) is 2.76. The summed E-state index contributed by atoms with van der Waals surface area (Å²) in [5.74, 6) is -0.00907. The fraction of sp³-hybridized carbons (Fsp3) is 0.556.